The molecule has 0 atom stereocenters. The van der Waals surface area contributed by atoms with Crippen LogP contribution in [0.15, 0.2) is 63.9 Å². The summed E-state index contributed by atoms with van der Waals surface area (Å²) in [4.78, 5) is 4.75. The first-order chi connectivity index (χ1) is 12.5. The van der Waals surface area contributed by atoms with Crippen molar-refractivity contribution in [1.29, 1.82) is 0 Å². The molecule has 0 fully saturated rings. The molecule has 0 radical (unpaired) electrons. The van der Waals surface area contributed by atoms with Crippen molar-refractivity contribution in [1.82, 2.24) is 4.98 Å². The number of nitrogens with one attached hydrogen (secondary N) is 1. The third kappa shape index (κ3) is 4.27. The first-order valence-corrected chi connectivity index (χ1v) is 10.4. The van der Waals surface area contributed by atoms with Crippen LogP contribution in [0.1, 0.15) is 5.56 Å². The van der Waals surface area contributed by atoms with Gasteiger partial charge in [-0.1, -0.05) is 24.3 Å². The van der Waals surface area contributed by atoms with Gasteiger partial charge in [0.25, 0.3) is 0 Å². The first-order valence-electron chi connectivity index (χ1n) is 7.65. The summed E-state index contributed by atoms with van der Waals surface area (Å²) in [6, 6.07) is 14.2. The van der Waals surface area contributed by atoms with Gasteiger partial charge in [0, 0.05) is 22.8 Å². The van der Waals surface area contributed by atoms with Gasteiger partial charge in [-0.2, -0.15) is 5.10 Å². The van der Waals surface area contributed by atoms with E-state index < -0.39 is 9.84 Å². The number of anilines is 1. The molecule has 0 bridgehead atoms. The Bertz CT molecular complexity index is 1030. The second kappa shape index (κ2) is 7.67. The number of methoxy groups -OCH3 is 1. The number of ether oxygens (including phenoxy) is 1. The van der Waals surface area contributed by atoms with E-state index in [0.717, 1.165) is 22.6 Å². The summed E-state index contributed by atoms with van der Waals surface area (Å²) in [5.41, 5.74) is 5.35. The molecule has 3 rings (SSSR count). The van der Waals surface area contributed by atoms with Crippen LogP contribution in [-0.4, -0.2) is 33.0 Å². The minimum Gasteiger partial charge on any atom is -0.496 e. The number of hydrazone groups is 1. The molecular weight excluding hydrogens is 370 g/mol. The molecule has 3 aromatic rings. The lowest BCUT2D eigenvalue weighted by Crippen LogP contribution is -1.96. The van der Waals surface area contributed by atoms with E-state index in [0.29, 0.717) is 5.13 Å². The smallest absolute Gasteiger partial charge is 0.203 e. The summed E-state index contributed by atoms with van der Waals surface area (Å²) in [5, 5.41) is 6.71. The van der Waals surface area contributed by atoms with Crippen molar-refractivity contribution in [2.24, 2.45) is 5.10 Å². The normalized spacial score (nSPS) is 11.6. The number of sulfone groups is 1. The Balaban J connectivity index is 1.71. The second-order valence-corrected chi connectivity index (χ2v) is 8.32. The van der Waals surface area contributed by atoms with Gasteiger partial charge in [0.1, 0.15) is 5.75 Å². The highest BCUT2D eigenvalue weighted by molar-refractivity contribution is 7.90. The van der Waals surface area contributed by atoms with E-state index in [1.165, 1.54) is 17.6 Å². The molecule has 134 valence electrons. The van der Waals surface area contributed by atoms with Crippen molar-refractivity contribution < 1.29 is 13.2 Å². The summed E-state index contributed by atoms with van der Waals surface area (Å²) in [7, 11) is -1.59. The lowest BCUT2D eigenvalue weighted by Gasteiger charge is -2.02. The molecule has 1 aromatic heterocycles. The second-order valence-electron chi connectivity index (χ2n) is 5.45. The predicted molar refractivity (Wildman–Crippen MR) is 105 cm³/mol. The Kier molecular flexibility index (Phi) is 5.34. The van der Waals surface area contributed by atoms with E-state index in [1.807, 2.05) is 29.6 Å². The summed E-state index contributed by atoms with van der Waals surface area (Å²) < 4.78 is 28.3. The van der Waals surface area contributed by atoms with E-state index in [9.17, 15) is 8.42 Å². The Morgan fingerprint density at radius 1 is 1.15 bits per heavy atom. The number of benzene rings is 2. The van der Waals surface area contributed by atoms with Crippen molar-refractivity contribution >= 4 is 32.5 Å². The van der Waals surface area contributed by atoms with Crippen molar-refractivity contribution in [3.63, 3.8) is 0 Å². The van der Waals surface area contributed by atoms with Crippen LogP contribution in [0.2, 0.25) is 0 Å². The summed E-state index contributed by atoms with van der Waals surface area (Å²) in [6.07, 6.45) is 2.85. The highest BCUT2D eigenvalue weighted by atomic mass is 32.2. The molecule has 2 aromatic carbocycles. The molecule has 0 amide bonds. The molecule has 6 nitrogen and oxygen atoms in total. The van der Waals surface area contributed by atoms with Gasteiger partial charge in [-0.3, -0.25) is 5.43 Å². The van der Waals surface area contributed by atoms with E-state index in [2.05, 4.69) is 15.5 Å². The van der Waals surface area contributed by atoms with Crippen LogP contribution >= 0.6 is 11.3 Å². The van der Waals surface area contributed by atoms with Crippen LogP contribution in [-0.2, 0) is 9.84 Å². The number of hydrogen-bond acceptors (Lipinski definition) is 7. The fourth-order valence-corrected chi connectivity index (χ4v) is 3.56. The summed E-state index contributed by atoms with van der Waals surface area (Å²) >= 11 is 1.41. The number of hydrogen-bond donors (Lipinski definition) is 1. The molecular formula is C18H17N3O3S2. The summed E-state index contributed by atoms with van der Waals surface area (Å²) in [5.74, 6) is 0.740. The average Bonchev–Trinajstić information content (AvgIpc) is 3.10. The molecule has 0 aliphatic heterocycles. The zero-order valence-electron chi connectivity index (χ0n) is 14.2. The van der Waals surface area contributed by atoms with E-state index in [4.69, 9.17) is 4.74 Å². The largest absolute Gasteiger partial charge is 0.496 e. The average molecular weight is 387 g/mol. The van der Waals surface area contributed by atoms with Gasteiger partial charge in [0.05, 0.1) is 23.9 Å². The molecule has 0 spiro atoms. The first kappa shape index (κ1) is 18.1. The molecule has 0 saturated heterocycles. The van der Waals surface area contributed by atoms with E-state index >= 15 is 0 Å². The third-order valence-corrected chi connectivity index (χ3v) is 5.46. The molecule has 0 aliphatic carbocycles. The SMILES string of the molecule is COc1ccccc1/C=N/Nc1nc(-c2ccc(S(C)(=O)=O)cc2)cs1. The molecule has 26 heavy (non-hydrogen) atoms. The molecule has 0 saturated carbocycles. The number of aromatic nitrogens is 1. The Hall–Kier alpha value is -2.71. The monoisotopic (exact) mass is 387 g/mol. The minimum atomic E-state index is -3.20. The number of para-hydroxylation sites is 1. The van der Waals surface area contributed by atoms with Gasteiger partial charge in [0.2, 0.25) is 5.13 Å². The van der Waals surface area contributed by atoms with E-state index in [1.54, 1.807) is 37.6 Å². The van der Waals surface area contributed by atoms with Gasteiger partial charge < -0.3 is 4.74 Å². The van der Waals surface area contributed by atoms with Crippen LogP contribution < -0.4 is 10.2 Å². The summed E-state index contributed by atoms with van der Waals surface area (Å²) in [6.45, 7) is 0. The van der Waals surface area contributed by atoms with Crippen LogP contribution in [0, 0.1) is 0 Å². The zero-order chi connectivity index (χ0) is 18.6. The van der Waals surface area contributed by atoms with Crippen LogP contribution in [0.25, 0.3) is 11.3 Å². The zero-order valence-corrected chi connectivity index (χ0v) is 15.8. The van der Waals surface area contributed by atoms with Crippen molar-refractivity contribution in [3.05, 3.63) is 59.5 Å². The van der Waals surface area contributed by atoms with E-state index in [-0.39, 0.29) is 4.90 Å². The standard InChI is InChI=1S/C18H17N3O3S2/c1-24-17-6-4-3-5-14(17)11-19-21-18-20-16(12-25-18)13-7-9-15(10-8-13)26(2,22)23/h3-12H,1-2H3,(H,20,21)/b19-11+. The quantitative estimate of drug-likeness (QED) is 0.516. The Morgan fingerprint density at radius 2 is 1.88 bits per heavy atom. The molecule has 0 aliphatic rings. The molecule has 8 heteroatoms. The number of rotatable bonds is 6. The number of nitrogens with zero attached hydrogens (tertiary/aromatic N) is 2. The molecule has 0 unspecified atom stereocenters. The Labute approximate surface area is 156 Å². The van der Waals surface area contributed by atoms with Crippen LogP contribution in [0.3, 0.4) is 0 Å². The van der Waals surface area contributed by atoms with Crippen molar-refractivity contribution in [3.8, 4) is 17.0 Å². The maximum atomic E-state index is 11.5. The minimum absolute atomic E-state index is 0.288. The van der Waals surface area contributed by atoms with Gasteiger partial charge in [-0.05, 0) is 24.3 Å². The van der Waals surface area contributed by atoms with Gasteiger partial charge in [-0.25, -0.2) is 13.4 Å². The number of thiazole rings is 1. The maximum Gasteiger partial charge on any atom is 0.203 e. The van der Waals surface area contributed by atoms with Crippen LogP contribution in [0.4, 0.5) is 5.13 Å². The van der Waals surface area contributed by atoms with Crippen molar-refractivity contribution in [2.45, 2.75) is 4.90 Å². The highest BCUT2D eigenvalue weighted by Crippen LogP contribution is 2.26. The van der Waals surface area contributed by atoms with Crippen molar-refractivity contribution in [2.75, 3.05) is 18.8 Å². The highest BCUT2D eigenvalue weighted by Gasteiger charge is 2.08. The van der Waals surface area contributed by atoms with Gasteiger partial charge in [0.15, 0.2) is 9.84 Å². The molecule has 1 heterocycles. The molecule has 1 N–H and O–H groups in total. The lowest BCUT2D eigenvalue weighted by molar-refractivity contribution is 0.414. The van der Waals surface area contributed by atoms with Gasteiger partial charge >= 0.3 is 0 Å². The fraction of sp³-hybridized carbons (Fsp3) is 0.111. The third-order valence-electron chi connectivity index (χ3n) is 3.59. The lowest BCUT2D eigenvalue weighted by atomic mass is 10.2. The Morgan fingerprint density at radius 3 is 2.58 bits per heavy atom. The topological polar surface area (TPSA) is 80.7 Å². The van der Waals surface area contributed by atoms with Crippen LogP contribution in [0.5, 0.6) is 5.75 Å². The maximum absolute atomic E-state index is 11.5. The predicted octanol–water partition coefficient (Wildman–Crippen LogP) is 3.67. The van der Waals surface area contributed by atoms with Gasteiger partial charge in [-0.15, -0.1) is 11.3 Å². The fourth-order valence-electron chi connectivity index (χ4n) is 2.26.